The van der Waals surface area contributed by atoms with Crippen LogP contribution in [-0.2, 0) is 19.1 Å². The quantitative estimate of drug-likeness (QED) is 0.677. The molecule has 0 aliphatic heterocycles. The Kier molecular flexibility index (Phi) is 7.71. The van der Waals surface area contributed by atoms with Crippen molar-refractivity contribution in [3.05, 3.63) is 23.8 Å². The van der Waals surface area contributed by atoms with Gasteiger partial charge in [-0.25, -0.2) is 9.59 Å². The number of phenols is 1. The Bertz CT molecular complexity index is 629. The number of hydrogen-bond donors (Lipinski definition) is 2. The fourth-order valence-electron chi connectivity index (χ4n) is 2.03. The molecule has 0 radical (unpaired) electrons. The molecule has 1 aromatic carbocycles. The van der Waals surface area contributed by atoms with Crippen LogP contribution in [0.3, 0.4) is 0 Å². The van der Waals surface area contributed by atoms with E-state index in [2.05, 4.69) is 10.1 Å². The van der Waals surface area contributed by atoms with E-state index in [4.69, 9.17) is 9.47 Å². The largest absolute Gasteiger partial charge is 0.507 e. The maximum absolute atomic E-state index is 11.9. The van der Waals surface area contributed by atoms with Crippen molar-refractivity contribution in [2.45, 2.75) is 26.3 Å². The molecule has 0 unspecified atom stereocenters. The average molecular weight is 353 g/mol. The number of methoxy groups -OCH3 is 2. The maximum atomic E-state index is 11.9. The van der Waals surface area contributed by atoms with E-state index in [-0.39, 0.29) is 17.2 Å². The van der Waals surface area contributed by atoms with Crippen LogP contribution in [0.4, 0.5) is 0 Å². The summed E-state index contributed by atoms with van der Waals surface area (Å²) in [5.74, 6) is -2.16. The first-order chi connectivity index (χ1) is 11.8. The van der Waals surface area contributed by atoms with Gasteiger partial charge in [0, 0.05) is 6.07 Å². The molecule has 0 aromatic heterocycles. The summed E-state index contributed by atoms with van der Waals surface area (Å²) >= 11 is 0. The fourth-order valence-corrected chi connectivity index (χ4v) is 2.03. The molecule has 0 fully saturated rings. The summed E-state index contributed by atoms with van der Waals surface area (Å²) in [6.45, 7) is 3.08. The average Bonchev–Trinajstić information content (AvgIpc) is 2.62. The van der Waals surface area contributed by atoms with Crippen LogP contribution in [-0.4, -0.2) is 49.8 Å². The molecule has 2 atom stereocenters. The molecule has 1 rings (SSSR count). The minimum absolute atomic E-state index is 0.0972. The molecule has 138 valence electrons. The van der Waals surface area contributed by atoms with Crippen molar-refractivity contribution in [2.24, 2.45) is 5.92 Å². The van der Waals surface area contributed by atoms with E-state index in [0.29, 0.717) is 12.2 Å². The zero-order chi connectivity index (χ0) is 19.0. The second-order valence-corrected chi connectivity index (χ2v) is 5.41. The lowest BCUT2D eigenvalue weighted by Gasteiger charge is -2.21. The number of carbonyl (C=O) groups excluding carboxylic acids is 3. The summed E-state index contributed by atoms with van der Waals surface area (Å²) in [5.41, 5.74) is -0.0972. The highest BCUT2D eigenvalue weighted by atomic mass is 16.5. The SMILES string of the molecule is CC[C@H](C)[C@H](NC(=O)COC(=O)c1ccc(OC)cc1O)C(=O)OC. The molecule has 8 heteroatoms. The number of hydrogen-bond acceptors (Lipinski definition) is 7. The van der Waals surface area contributed by atoms with E-state index in [1.165, 1.54) is 32.4 Å². The molecular weight excluding hydrogens is 330 g/mol. The molecule has 0 saturated carbocycles. The molecular formula is C17H23NO7. The first kappa shape index (κ1) is 20.3. The predicted octanol–water partition coefficient (Wildman–Crippen LogP) is 1.26. The van der Waals surface area contributed by atoms with Crippen molar-refractivity contribution < 1.29 is 33.7 Å². The summed E-state index contributed by atoms with van der Waals surface area (Å²) in [7, 11) is 2.66. The van der Waals surface area contributed by atoms with E-state index < -0.39 is 30.5 Å². The summed E-state index contributed by atoms with van der Waals surface area (Å²) in [6.07, 6.45) is 0.652. The topological polar surface area (TPSA) is 111 Å². The van der Waals surface area contributed by atoms with Gasteiger partial charge < -0.3 is 24.6 Å². The van der Waals surface area contributed by atoms with Crippen molar-refractivity contribution in [1.29, 1.82) is 0 Å². The molecule has 0 bridgehead atoms. The van der Waals surface area contributed by atoms with Gasteiger partial charge in [0.05, 0.1) is 14.2 Å². The molecule has 1 amide bonds. The predicted molar refractivity (Wildman–Crippen MR) is 88.3 cm³/mol. The molecule has 0 aliphatic rings. The van der Waals surface area contributed by atoms with Crippen LogP contribution in [0.25, 0.3) is 0 Å². The summed E-state index contributed by atoms with van der Waals surface area (Å²) < 4.78 is 14.4. The number of rotatable bonds is 8. The van der Waals surface area contributed by atoms with Gasteiger partial charge in [-0.05, 0) is 18.1 Å². The third-order valence-electron chi connectivity index (χ3n) is 3.74. The van der Waals surface area contributed by atoms with Crippen molar-refractivity contribution in [2.75, 3.05) is 20.8 Å². The molecule has 25 heavy (non-hydrogen) atoms. The van der Waals surface area contributed by atoms with E-state index >= 15 is 0 Å². The van der Waals surface area contributed by atoms with E-state index in [1.807, 2.05) is 6.92 Å². The highest BCUT2D eigenvalue weighted by molar-refractivity contribution is 5.94. The van der Waals surface area contributed by atoms with Gasteiger partial charge in [-0.2, -0.15) is 0 Å². The zero-order valence-corrected chi connectivity index (χ0v) is 14.7. The number of carbonyl (C=O) groups is 3. The summed E-state index contributed by atoms with van der Waals surface area (Å²) in [6, 6.07) is 3.24. The van der Waals surface area contributed by atoms with Crippen molar-refractivity contribution in [3.8, 4) is 11.5 Å². The van der Waals surface area contributed by atoms with E-state index in [1.54, 1.807) is 6.92 Å². The Hall–Kier alpha value is -2.77. The van der Waals surface area contributed by atoms with Gasteiger partial charge >= 0.3 is 11.9 Å². The van der Waals surface area contributed by atoms with Gasteiger partial charge in [0.25, 0.3) is 5.91 Å². The van der Waals surface area contributed by atoms with Crippen LogP contribution >= 0.6 is 0 Å². The summed E-state index contributed by atoms with van der Waals surface area (Å²) in [5, 5.41) is 12.3. The number of benzene rings is 1. The van der Waals surface area contributed by atoms with Gasteiger partial charge in [-0.1, -0.05) is 20.3 Å². The van der Waals surface area contributed by atoms with Crippen molar-refractivity contribution in [3.63, 3.8) is 0 Å². The van der Waals surface area contributed by atoms with Gasteiger partial charge in [-0.15, -0.1) is 0 Å². The molecule has 0 saturated heterocycles. The lowest BCUT2D eigenvalue weighted by Crippen LogP contribution is -2.47. The molecule has 0 aliphatic carbocycles. The Morgan fingerprint density at radius 1 is 1.24 bits per heavy atom. The van der Waals surface area contributed by atoms with Crippen LogP contribution in [0, 0.1) is 5.92 Å². The Morgan fingerprint density at radius 3 is 2.44 bits per heavy atom. The Morgan fingerprint density at radius 2 is 1.92 bits per heavy atom. The first-order valence-electron chi connectivity index (χ1n) is 7.75. The Balaban J connectivity index is 2.65. The molecule has 8 nitrogen and oxygen atoms in total. The van der Waals surface area contributed by atoms with Gasteiger partial charge in [-0.3, -0.25) is 4.79 Å². The molecule has 0 spiro atoms. The normalized spacial score (nSPS) is 12.6. The number of phenolic OH excluding ortho intramolecular Hbond substituents is 1. The second-order valence-electron chi connectivity index (χ2n) is 5.41. The second kappa shape index (κ2) is 9.51. The van der Waals surface area contributed by atoms with Gasteiger partial charge in [0.2, 0.25) is 0 Å². The maximum Gasteiger partial charge on any atom is 0.342 e. The lowest BCUT2D eigenvalue weighted by atomic mass is 9.99. The van der Waals surface area contributed by atoms with Crippen molar-refractivity contribution in [1.82, 2.24) is 5.32 Å². The monoisotopic (exact) mass is 353 g/mol. The smallest absolute Gasteiger partial charge is 0.342 e. The summed E-state index contributed by atoms with van der Waals surface area (Å²) in [4.78, 5) is 35.6. The highest BCUT2D eigenvalue weighted by Gasteiger charge is 2.27. The zero-order valence-electron chi connectivity index (χ0n) is 14.7. The highest BCUT2D eigenvalue weighted by Crippen LogP contribution is 2.23. The van der Waals surface area contributed by atoms with Crippen LogP contribution in [0.1, 0.15) is 30.6 Å². The Labute approximate surface area is 146 Å². The van der Waals surface area contributed by atoms with Crippen LogP contribution in [0.2, 0.25) is 0 Å². The number of aromatic hydroxyl groups is 1. The minimum Gasteiger partial charge on any atom is -0.507 e. The van der Waals surface area contributed by atoms with Crippen LogP contribution < -0.4 is 10.1 Å². The fraction of sp³-hybridized carbons (Fsp3) is 0.471. The molecule has 1 aromatic rings. The lowest BCUT2D eigenvalue weighted by molar-refractivity contribution is -0.147. The number of nitrogens with one attached hydrogen (secondary N) is 1. The number of esters is 2. The standard InChI is InChI=1S/C17H23NO7/c1-5-10(2)15(17(22)24-4)18-14(20)9-25-16(21)12-7-6-11(23-3)8-13(12)19/h6-8,10,15,19H,5,9H2,1-4H3,(H,18,20)/t10-,15-/m0/s1. The number of ether oxygens (including phenoxy) is 3. The van der Waals surface area contributed by atoms with Crippen molar-refractivity contribution >= 4 is 17.8 Å². The first-order valence-corrected chi connectivity index (χ1v) is 7.75. The van der Waals surface area contributed by atoms with Gasteiger partial charge in [0.1, 0.15) is 23.1 Å². The molecule has 2 N–H and O–H groups in total. The van der Waals surface area contributed by atoms with Gasteiger partial charge in [0.15, 0.2) is 6.61 Å². The minimum atomic E-state index is -0.867. The molecule has 0 heterocycles. The van der Waals surface area contributed by atoms with E-state index in [9.17, 15) is 19.5 Å². The number of amides is 1. The third-order valence-corrected chi connectivity index (χ3v) is 3.74. The third kappa shape index (κ3) is 5.66. The van der Waals surface area contributed by atoms with Crippen LogP contribution in [0.15, 0.2) is 18.2 Å². The van der Waals surface area contributed by atoms with Crippen LogP contribution in [0.5, 0.6) is 11.5 Å². The van der Waals surface area contributed by atoms with E-state index in [0.717, 1.165) is 0 Å².